The molecule has 114 valence electrons. The first-order valence-corrected chi connectivity index (χ1v) is 8.44. The normalized spacial score (nSPS) is 12.1. The molecule has 0 spiro atoms. The minimum absolute atomic E-state index is 0.179. The Balaban J connectivity index is 1.60. The summed E-state index contributed by atoms with van der Waals surface area (Å²) in [5, 5.41) is 15.4. The molecule has 2 amide bonds. The molecule has 0 fully saturated rings. The molecule has 7 nitrogen and oxygen atoms in total. The zero-order valence-electron chi connectivity index (χ0n) is 11.9. The van der Waals surface area contributed by atoms with E-state index in [0.717, 1.165) is 22.3 Å². The lowest BCUT2D eigenvalue weighted by Crippen LogP contribution is -2.38. The predicted molar refractivity (Wildman–Crippen MR) is 83.4 cm³/mol. The zero-order valence-corrected chi connectivity index (χ0v) is 13.6. The molecule has 2 aromatic rings. The van der Waals surface area contributed by atoms with Gasteiger partial charge in [-0.05, 0) is 13.3 Å². The van der Waals surface area contributed by atoms with Crippen molar-refractivity contribution in [1.82, 2.24) is 30.4 Å². The third kappa shape index (κ3) is 5.01. The van der Waals surface area contributed by atoms with Crippen LogP contribution in [0.25, 0.3) is 0 Å². The second-order valence-corrected chi connectivity index (χ2v) is 6.66. The van der Waals surface area contributed by atoms with E-state index in [4.69, 9.17) is 0 Å². The Labute approximate surface area is 131 Å². The van der Waals surface area contributed by atoms with Gasteiger partial charge in [0.2, 0.25) is 0 Å². The van der Waals surface area contributed by atoms with Gasteiger partial charge in [-0.2, -0.15) is 0 Å². The molecule has 0 unspecified atom stereocenters. The first-order valence-electron chi connectivity index (χ1n) is 6.57. The van der Waals surface area contributed by atoms with E-state index in [1.54, 1.807) is 40.2 Å². The number of thiazole rings is 1. The topological polar surface area (TPSA) is 84.7 Å². The van der Waals surface area contributed by atoms with Crippen molar-refractivity contribution in [3.05, 3.63) is 23.7 Å². The molecule has 2 rings (SSSR count). The Morgan fingerprint density at radius 2 is 2.43 bits per heavy atom. The smallest absolute Gasteiger partial charge is 0.315 e. The second kappa shape index (κ2) is 7.99. The van der Waals surface area contributed by atoms with E-state index >= 15 is 0 Å². The van der Waals surface area contributed by atoms with Crippen LogP contribution >= 0.6 is 23.1 Å². The summed E-state index contributed by atoms with van der Waals surface area (Å²) in [6.45, 7) is 2.51. The lowest BCUT2D eigenvalue weighted by atomic mass is 10.3. The van der Waals surface area contributed by atoms with E-state index in [0.29, 0.717) is 6.54 Å². The van der Waals surface area contributed by atoms with Gasteiger partial charge in [0.05, 0.1) is 6.04 Å². The van der Waals surface area contributed by atoms with Crippen LogP contribution < -0.4 is 10.6 Å². The zero-order chi connectivity index (χ0) is 15.1. The summed E-state index contributed by atoms with van der Waals surface area (Å²) in [4.78, 5) is 15.9. The Morgan fingerprint density at radius 1 is 1.57 bits per heavy atom. The van der Waals surface area contributed by atoms with Crippen LogP contribution in [-0.4, -0.2) is 38.1 Å². The van der Waals surface area contributed by atoms with Gasteiger partial charge in [-0.1, -0.05) is 11.8 Å². The van der Waals surface area contributed by atoms with Gasteiger partial charge in [-0.3, -0.25) is 0 Å². The highest BCUT2D eigenvalue weighted by Crippen LogP contribution is 2.20. The van der Waals surface area contributed by atoms with E-state index in [1.165, 1.54) is 0 Å². The molecule has 9 heteroatoms. The average Bonchev–Trinajstić information content (AvgIpc) is 3.09. The van der Waals surface area contributed by atoms with Gasteiger partial charge in [0, 0.05) is 30.9 Å². The van der Waals surface area contributed by atoms with Crippen molar-refractivity contribution >= 4 is 29.1 Å². The second-order valence-electron chi connectivity index (χ2n) is 4.42. The highest BCUT2D eigenvalue weighted by molar-refractivity contribution is 8.00. The molecule has 0 aromatic carbocycles. The van der Waals surface area contributed by atoms with Crippen LogP contribution in [0.1, 0.15) is 25.2 Å². The number of aromatic nitrogens is 4. The van der Waals surface area contributed by atoms with Crippen LogP contribution in [0.5, 0.6) is 0 Å². The summed E-state index contributed by atoms with van der Waals surface area (Å²) in [5.74, 6) is 1.66. The number of urea groups is 1. The number of nitrogens with zero attached hydrogens (tertiary/aromatic N) is 4. The lowest BCUT2D eigenvalue weighted by molar-refractivity contribution is 0.237. The maximum Gasteiger partial charge on any atom is 0.315 e. The molecular weight excluding hydrogens is 308 g/mol. The van der Waals surface area contributed by atoms with Crippen molar-refractivity contribution < 1.29 is 4.79 Å². The Hall–Kier alpha value is -1.61. The van der Waals surface area contributed by atoms with E-state index in [2.05, 4.69) is 25.8 Å². The summed E-state index contributed by atoms with van der Waals surface area (Å²) in [6, 6.07) is -0.369. The standard InChI is InChI=1S/C12H18N6OS2/c1-9(10-17-15-8-18(10)2)16-11(19)13-4-3-6-20-12-14-5-7-21-12/h5,7-9H,3-4,6H2,1-2H3,(H2,13,16,19)/t9-/m0/s1. The molecule has 0 radical (unpaired) electrons. The molecule has 21 heavy (non-hydrogen) atoms. The molecule has 1 atom stereocenters. The quantitative estimate of drug-likeness (QED) is 0.599. The van der Waals surface area contributed by atoms with Crippen LogP contribution in [0.4, 0.5) is 4.79 Å². The number of carbonyl (C=O) groups excluding carboxylic acids is 1. The number of rotatable bonds is 7. The van der Waals surface area contributed by atoms with Gasteiger partial charge in [0.1, 0.15) is 10.7 Å². The molecule has 0 aliphatic carbocycles. The molecule has 0 saturated heterocycles. The first kappa shape index (κ1) is 15.8. The monoisotopic (exact) mass is 326 g/mol. The number of carbonyl (C=O) groups is 1. The number of aryl methyl sites for hydroxylation is 1. The summed E-state index contributed by atoms with van der Waals surface area (Å²) in [6.07, 6.45) is 4.31. The van der Waals surface area contributed by atoms with Crippen molar-refractivity contribution in [3.8, 4) is 0 Å². The van der Waals surface area contributed by atoms with Crippen LogP contribution in [0.2, 0.25) is 0 Å². The largest absolute Gasteiger partial charge is 0.338 e. The van der Waals surface area contributed by atoms with Gasteiger partial charge in [0.25, 0.3) is 0 Å². The molecule has 2 heterocycles. The fourth-order valence-corrected chi connectivity index (χ4v) is 3.36. The fraction of sp³-hybridized carbons (Fsp3) is 0.500. The Morgan fingerprint density at radius 3 is 3.10 bits per heavy atom. The summed E-state index contributed by atoms with van der Waals surface area (Å²) in [7, 11) is 1.85. The van der Waals surface area contributed by atoms with Gasteiger partial charge < -0.3 is 15.2 Å². The lowest BCUT2D eigenvalue weighted by Gasteiger charge is -2.13. The fourth-order valence-electron chi connectivity index (χ4n) is 1.71. The number of amides is 2. The van der Waals surface area contributed by atoms with Crippen LogP contribution in [0, 0.1) is 0 Å². The summed E-state index contributed by atoms with van der Waals surface area (Å²) >= 11 is 3.34. The SMILES string of the molecule is C[C@H](NC(=O)NCCCSc1nccs1)c1nncn1C. The number of hydrogen-bond acceptors (Lipinski definition) is 6. The van der Waals surface area contributed by atoms with Crippen LogP contribution in [0.15, 0.2) is 22.2 Å². The van der Waals surface area contributed by atoms with Crippen molar-refractivity contribution in [2.24, 2.45) is 7.05 Å². The Bertz CT molecular complexity index is 556. The van der Waals surface area contributed by atoms with Crippen LogP contribution in [-0.2, 0) is 7.05 Å². The van der Waals surface area contributed by atoms with Crippen molar-refractivity contribution in [2.75, 3.05) is 12.3 Å². The minimum atomic E-state index is -0.190. The third-order valence-corrected chi connectivity index (χ3v) is 4.78. The highest BCUT2D eigenvalue weighted by Gasteiger charge is 2.13. The molecule has 2 aromatic heterocycles. The molecular formula is C12H18N6OS2. The molecule has 0 saturated carbocycles. The molecule has 0 bridgehead atoms. The summed E-state index contributed by atoms with van der Waals surface area (Å²) in [5.41, 5.74) is 0. The van der Waals surface area contributed by atoms with Crippen molar-refractivity contribution in [2.45, 2.75) is 23.7 Å². The number of nitrogens with one attached hydrogen (secondary N) is 2. The molecule has 0 aliphatic heterocycles. The number of thioether (sulfide) groups is 1. The van der Waals surface area contributed by atoms with Crippen LogP contribution in [0.3, 0.4) is 0 Å². The molecule has 2 N–H and O–H groups in total. The minimum Gasteiger partial charge on any atom is -0.338 e. The number of hydrogen-bond donors (Lipinski definition) is 2. The van der Waals surface area contributed by atoms with Crippen molar-refractivity contribution in [3.63, 3.8) is 0 Å². The maximum absolute atomic E-state index is 11.8. The predicted octanol–water partition coefficient (Wildman–Crippen LogP) is 1.81. The average molecular weight is 326 g/mol. The highest BCUT2D eigenvalue weighted by atomic mass is 32.2. The maximum atomic E-state index is 11.8. The molecule has 0 aliphatic rings. The Kier molecular flexibility index (Phi) is 6.00. The van der Waals surface area contributed by atoms with Crippen molar-refractivity contribution in [1.29, 1.82) is 0 Å². The van der Waals surface area contributed by atoms with Gasteiger partial charge in [-0.25, -0.2) is 9.78 Å². The van der Waals surface area contributed by atoms with Gasteiger partial charge in [0.15, 0.2) is 5.82 Å². The van der Waals surface area contributed by atoms with E-state index in [-0.39, 0.29) is 12.1 Å². The van der Waals surface area contributed by atoms with E-state index < -0.39 is 0 Å². The van der Waals surface area contributed by atoms with Gasteiger partial charge in [-0.15, -0.1) is 21.5 Å². The van der Waals surface area contributed by atoms with E-state index in [1.807, 2.05) is 19.4 Å². The third-order valence-electron chi connectivity index (χ3n) is 2.72. The van der Waals surface area contributed by atoms with E-state index in [9.17, 15) is 4.79 Å². The first-order chi connectivity index (χ1) is 10.2. The summed E-state index contributed by atoms with van der Waals surface area (Å²) < 4.78 is 2.85. The van der Waals surface area contributed by atoms with Gasteiger partial charge >= 0.3 is 6.03 Å².